The zero-order valence-electron chi connectivity index (χ0n) is 11.6. The van der Waals surface area contributed by atoms with Crippen molar-refractivity contribution in [3.8, 4) is 0 Å². The fourth-order valence-corrected chi connectivity index (χ4v) is 1.44. The molecule has 100 valence electrons. The van der Waals surface area contributed by atoms with E-state index in [0.29, 0.717) is 25.4 Å². The predicted octanol–water partition coefficient (Wildman–Crippen LogP) is 3.36. The van der Waals surface area contributed by atoms with E-state index < -0.39 is 0 Å². The standard InChI is InChI=1S/C14H26O3/c1-5-6-9-17-14(16)12(4)10-13(15)8-7-11(2)3/h11-12H,5-10H2,1-4H3. The Balaban J connectivity index is 3.78. The number of esters is 1. The van der Waals surface area contributed by atoms with Crippen LogP contribution in [0.2, 0.25) is 0 Å². The smallest absolute Gasteiger partial charge is 0.309 e. The molecule has 1 atom stereocenters. The molecule has 0 amide bonds. The molecule has 0 rings (SSSR count). The zero-order chi connectivity index (χ0) is 13.3. The van der Waals surface area contributed by atoms with Gasteiger partial charge in [-0.1, -0.05) is 34.1 Å². The maximum atomic E-state index is 11.6. The van der Waals surface area contributed by atoms with E-state index in [0.717, 1.165) is 19.3 Å². The van der Waals surface area contributed by atoms with Crippen molar-refractivity contribution in [3.63, 3.8) is 0 Å². The third-order valence-electron chi connectivity index (χ3n) is 2.68. The molecule has 0 aromatic rings. The second kappa shape index (κ2) is 9.20. The summed E-state index contributed by atoms with van der Waals surface area (Å²) >= 11 is 0. The number of carbonyl (C=O) groups is 2. The molecule has 0 aromatic heterocycles. The van der Waals surface area contributed by atoms with Gasteiger partial charge in [-0.25, -0.2) is 0 Å². The van der Waals surface area contributed by atoms with Crippen molar-refractivity contribution in [3.05, 3.63) is 0 Å². The summed E-state index contributed by atoms with van der Waals surface area (Å²) in [6, 6.07) is 0. The van der Waals surface area contributed by atoms with Crippen LogP contribution < -0.4 is 0 Å². The molecule has 0 bridgehead atoms. The van der Waals surface area contributed by atoms with Crippen LogP contribution >= 0.6 is 0 Å². The fourth-order valence-electron chi connectivity index (χ4n) is 1.44. The van der Waals surface area contributed by atoms with E-state index in [9.17, 15) is 9.59 Å². The predicted molar refractivity (Wildman–Crippen MR) is 68.7 cm³/mol. The van der Waals surface area contributed by atoms with Crippen LogP contribution in [0.15, 0.2) is 0 Å². The normalized spacial score (nSPS) is 12.5. The molecule has 0 spiro atoms. The summed E-state index contributed by atoms with van der Waals surface area (Å²) in [5.41, 5.74) is 0. The van der Waals surface area contributed by atoms with Crippen molar-refractivity contribution >= 4 is 11.8 Å². The minimum Gasteiger partial charge on any atom is -0.465 e. The van der Waals surface area contributed by atoms with E-state index in [-0.39, 0.29) is 17.7 Å². The highest BCUT2D eigenvalue weighted by atomic mass is 16.5. The number of Topliss-reactive ketones (excluding diaryl/α,β-unsaturated/α-hetero) is 1. The Kier molecular flexibility index (Phi) is 8.73. The Morgan fingerprint density at radius 3 is 2.35 bits per heavy atom. The van der Waals surface area contributed by atoms with Gasteiger partial charge in [0.2, 0.25) is 0 Å². The molecule has 0 fully saturated rings. The van der Waals surface area contributed by atoms with Crippen LogP contribution in [0, 0.1) is 11.8 Å². The molecule has 0 saturated carbocycles. The lowest BCUT2D eigenvalue weighted by molar-refractivity contribution is -0.149. The van der Waals surface area contributed by atoms with Gasteiger partial charge in [-0.2, -0.15) is 0 Å². The lowest BCUT2D eigenvalue weighted by atomic mass is 9.99. The van der Waals surface area contributed by atoms with Crippen LogP contribution in [0.5, 0.6) is 0 Å². The van der Waals surface area contributed by atoms with Gasteiger partial charge >= 0.3 is 5.97 Å². The van der Waals surface area contributed by atoms with Crippen LogP contribution in [0.1, 0.15) is 59.8 Å². The molecule has 17 heavy (non-hydrogen) atoms. The number of hydrogen-bond donors (Lipinski definition) is 0. The number of rotatable bonds is 9. The first-order chi connectivity index (χ1) is 7.97. The first-order valence-corrected chi connectivity index (χ1v) is 6.65. The molecule has 0 aromatic carbocycles. The Labute approximate surface area is 105 Å². The lowest BCUT2D eigenvalue weighted by Crippen LogP contribution is -2.19. The third-order valence-corrected chi connectivity index (χ3v) is 2.68. The SMILES string of the molecule is CCCCOC(=O)C(C)CC(=O)CCC(C)C. The number of unbranched alkanes of at least 4 members (excludes halogenated alkanes) is 1. The van der Waals surface area contributed by atoms with E-state index >= 15 is 0 Å². The van der Waals surface area contributed by atoms with Gasteiger partial charge in [0.05, 0.1) is 12.5 Å². The molecule has 0 aliphatic heterocycles. The Hall–Kier alpha value is -0.860. The lowest BCUT2D eigenvalue weighted by Gasteiger charge is -2.11. The number of hydrogen-bond acceptors (Lipinski definition) is 3. The third kappa shape index (κ3) is 8.90. The van der Waals surface area contributed by atoms with Crippen LogP contribution in [-0.4, -0.2) is 18.4 Å². The van der Waals surface area contributed by atoms with Gasteiger partial charge in [0.1, 0.15) is 5.78 Å². The summed E-state index contributed by atoms with van der Waals surface area (Å²) in [7, 11) is 0. The Morgan fingerprint density at radius 1 is 1.18 bits per heavy atom. The minimum absolute atomic E-state index is 0.165. The number of ether oxygens (including phenoxy) is 1. The largest absolute Gasteiger partial charge is 0.465 e. The monoisotopic (exact) mass is 242 g/mol. The van der Waals surface area contributed by atoms with Crippen LogP contribution in [-0.2, 0) is 14.3 Å². The maximum Gasteiger partial charge on any atom is 0.309 e. The average Bonchev–Trinajstić information content (AvgIpc) is 2.26. The van der Waals surface area contributed by atoms with Gasteiger partial charge in [0.15, 0.2) is 0 Å². The van der Waals surface area contributed by atoms with E-state index in [4.69, 9.17) is 4.74 Å². The first kappa shape index (κ1) is 16.1. The van der Waals surface area contributed by atoms with Crippen LogP contribution in [0.25, 0.3) is 0 Å². The zero-order valence-corrected chi connectivity index (χ0v) is 11.6. The molecule has 3 heteroatoms. The molecule has 0 heterocycles. The molecule has 0 aliphatic carbocycles. The van der Waals surface area contributed by atoms with Gasteiger partial charge in [0.25, 0.3) is 0 Å². The van der Waals surface area contributed by atoms with Gasteiger partial charge in [-0.05, 0) is 18.8 Å². The summed E-state index contributed by atoms with van der Waals surface area (Å²) in [6.07, 6.45) is 3.69. The van der Waals surface area contributed by atoms with Crippen molar-refractivity contribution in [2.24, 2.45) is 11.8 Å². The van der Waals surface area contributed by atoms with Gasteiger partial charge < -0.3 is 4.74 Å². The second-order valence-electron chi connectivity index (χ2n) is 5.10. The van der Waals surface area contributed by atoms with E-state index in [2.05, 4.69) is 13.8 Å². The van der Waals surface area contributed by atoms with Gasteiger partial charge in [-0.3, -0.25) is 9.59 Å². The summed E-state index contributed by atoms with van der Waals surface area (Å²) < 4.78 is 5.08. The van der Waals surface area contributed by atoms with Crippen molar-refractivity contribution in [2.45, 2.75) is 59.8 Å². The van der Waals surface area contributed by atoms with Crippen molar-refractivity contribution in [1.29, 1.82) is 0 Å². The molecule has 0 radical (unpaired) electrons. The van der Waals surface area contributed by atoms with Crippen molar-refractivity contribution < 1.29 is 14.3 Å². The Morgan fingerprint density at radius 2 is 1.82 bits per heavy atom. The summed E-state index contributed by atoms with van der Waals surface area (Å²) in [5, 5.41) is 0. The minimum atomic E-state index is -0.300. The highest BCUT2D eigenvalue weighted by molar-refractivity contribution is 5.84. The molecule has 0 aliphatic rings. The summed E-state index contributed by atoms with van der Waals surface area (Å²) in [4.78, 5) is 23.1. The number of carbonyl (C=O) groups excluding carboxylic acids is 2. The average molecular weight is 242 g/mol. The van der Waals surface area contributed by atoms with E-state index in [1.165, 1.54) is 0 Å². The molecular formula is C14H26O3. The van der Waals surface area contributed by atoms with Crippen molar-refractivity contribution in [1.82, 2.24) is 0 Å². The highest BCUT2D eigenvalue weighted by Crippen LogP contribution is 2.11. The fraction of sp³-hybridized carbons (Fsp3) is 0.857. The second-order valence-corrected chi connectivity index (χ2v) is 5.10. The molecule has 1 unspecified atom stereocenters. The topological polar surface area (TPSA) is 43.4 Å². The Bertz CT molecular complexity index is 234. The summed E-state index contributed by atoms with van der Waals surface area (Å²) in [6.45, 7) is 8.47. The molecule has 3 nitrogen and oxygen atoms in total. The molecule has 0 saturated heterocycles. The van der Waals surface area contributed by atoms with Crippen LogP contribution in [0.3, 0.4) is 0 Å². The highest BCUT2D eigenvalue weighted by Gasteiger charge is 2.18. The van der Waals surface area contributed by atoms with Gasteiger partial charge in [0, 0.05) is 12.8 Å². The summed E-state index contributed by atoms with van der Waals surface area (Å²) in [5.74, 6) is 0.160. The molecule has 0 N–H and O–H groups in total. The van der Waals surface area contributed by atoms with Gasteiger partial charge in [-0.15, -0.1) is 0 Å². The van der Waals surface area contributed by atoms with Crippen molar-refractivity contribution in [2.75, 3.05) is 6.61 Å². The van der Waals surface area contributed by atoms with E-state index in [1.54, 1.807) is 6.92 Å². The van der Waals surface area contributed by atoms with Crippen LogP contribution in [0.4, 0.5) is 0 Å². The first-order valence-electron chi connectivity index (χ1n) is 6.65. The number of ketones is 1. The maximum absolute atomic E-state index is 11.6. The van der Waals surface area contributed by atoms with E-state index in [1.807, 2.05) is 6.92 Å². The molecular weight excluding hydrogens is 216 g/mol. The quantitative estimate of drug-likeness (QED) is 0.460.